The van der Waals surface area contributed by atoms with Gasteiger partial charge in [-0.3, -0.25) is 0 Å². The summed E-state index contributed by atoms with van der Waals surface area (Å²) in [5.41, 5.74) is 6.06. The molecule has 1 aromatic carbocycles. The summed E-state index contributed by atoms with van der Waals surface area (Å²) in [6.45, 7) is 3.64. The molecule has 2 N–H and O–H groups in total. The fraction of sp³-hybridized carbons (Fsp3) is 0.455. The van der Waals surface area contributed by atoms with Crippen LogP contribution < -0.4 is 15.2 Å². The smallest absolute Gasteiger partial charge is 0.197 e. The van der Waals surface area contributed by atoms with E-state index in [0.717, 1.165) is 0 Å². The van der Waals surface area contributed by atoms with E-state index in [1.165, 1.54) is 20.3 Å². The van der Waals surface area contributed by atoms with E-state index < -0.39 is 11.4 Å². The minimum atomic E-state index is -0.605. The first-order chi connectivity index (χ1) is 6.91. The molecule has 0 atom stereocenters. The highest BCUT2D eigenvalue weighted by Gasteiger charge is 2.24. The second kappa shape index (κ2) is 4.06. The van der Waals surface area contributed by atoms with Gasteiger partial charge in [-0.1, -0.05) is 6.07 Å². The summed E-state index contributed by atoms with van der Waals surface area (Å²) in [6, 6.07) is 2.93. The van der Waals surface area contributed by atoms with Crippen LogP contribution in [-0.2, 0) is 5.54 Å². The first kappa shape index (κ1) is 11.8. The number of hydrogen-bond acceptors (Lipinski definition) is 3. The third-order valence-electron chi connectivity index (χ3n) is 2.17. The SMILES string of the molecule is COc1c(F)ccc(C(C)(C)N)c1OC. The average Bonchev–Trinajstić information content (AvgIpc) is 2.15. The molecule has 3 nitrogen and oxygen atoms in total. The summed E-state index contributed by atoms with van der Waals surface area (Å²) in [7, 11) is 2.86. The number of methoxy groups -OCH3 is 2. The molecule has 0 amide bonds. The van der Waals surface area contributed by atoms with Crippen LogP contribution in [0, 0.1) is 5.82 Å². The quantitative estimate of drug-likeness (QED) is 0.835. The first-order valence-electron chi connectivity index (χ1n) is 4.61. The number of halogens is 1. The van der Waals surface area contributed by atoms with Crippen molar-refractivity contribution in [1.29, 1.82) is 0 Å². The monoisotopic (exact) mass is 213 g/mol. The number of ether oxygens (including phenoxy) is 2. The van der Waals surface area contributed by atoms with Crippen LogP contribution in [0.2, 0.25) is 0 Å². The van der Waals surface area contributed by atoms with E-state index in [1.54, 1.807) is 6.07 Å². The van der Waals surface area contributed by atoms with E-state index in [2.05, 4.69) is 0 Å². The zero-order valence-electron chi connectivity index (χ0n) is 9.43. The minimum Gasteiger partial charge on any atom is -0.492 e. The van der Waals surface area contributed by atoms with Crippen molar-refractivity contribution >= 4 is 0 Å². The van der Waals surface area contributed by atoms with E-state index >= 15 is 0 Å². The summed E-state index contributed by atoms with van der Waals surface area (Å²) in [4.78, 5) is 0. The predicted molar refractivity (Wildman–Crippen MR) is 56.7 cm³/mol. The van der Waals surface area contributed by atoms with Crippen LogP contribution in [0.5, 0.6) is 11.5 Å². The van der Waals surface area contributed by atoms with Crippen molar-refractivity contribution in [3.63, 3.8) is 0 Å². The lowest BCUT2D eigenvalue weighted by atomic mass is 9.94. The van der Waals surface area contributed by atoms with E-state index in [-0.39, 0.29) is 5.75 Å². The molecule has 0 unspecified atom stereocenters. The third kappa shape index (κ3) is 2.21. The van der Waals surface area contributed by atoms with E-state index in [9.17, 15) is 4.39 Å². The number of rotatable bonds is 3. The zero-order chi connectivity index (χ0) is 11.6. The maximum Gasteiger partial charge on any atom is 0.197 e. The van der Waals surface area contributed by atoms with Gasteiger partial charge in [-0.25, -0.2) is 4.39 Å². The summed E-state index contributed by atoms with van der Waals surface area (Å²) in [6.07, 6.45) is 0. The average molecular weight is 213 g/mol. The Morgan fingerprint density at radius 2 is 1.67 bits per heavy atom. The first-order valence-corrected chi connectivity index (χ1v) is 4.61. The van der Waals surface area contributed by atoms with Crippen LogP contribution in [0.1, 0.15) is 19.4 Å². The topological polar surface area (TPSA) is 44.5 Å². The van der Waals surface area contributed by atoms with Gasteiger partial charge in [0.15, 0.2) is 17.3 Å². The van der Waals surface area contributed by atoms with Crippen molar-refractivity contribution in [3.05, 3.63) is 23.5 Å². The lowest BCUT2D eigenvalue weighted by Crippen LogP contribution is -2.29. The Balaban J connectivity index is 3.42. The van der Waals surface area contributed by atoms with Gasteiger partial charge < -0.3 is 15.2 Å². The Labute approximate surface area is 89.0 Å². The maximum absolute atomic E-state index is 13.4. The largest absolute Gasteiger partial charge is 0.492 e. The molecule has 4 heteroatoms. The van der Waals surface area contributed by atoms with Gasteiger partial charge in [0.25, 0.3) is 0 Å². The van der Waals surface area contributed by atoms with E-state index in [0.29, 0.717) is 11.3 Å². The van der Waals surface area contributed by atoms with Crippen LogP contribution in [0.15, 0.2) is 12.1 Å². The number of benzene rings is 1. The minimum absolute atomic E-state index is 0.0912. The Morgan fingerprint density at radius 1 is 1.13 bits per heavy atom. The molecule has 0 radical (unpaired) electrons. The molecule has 0 saturated heterocycles. The molecule has 1 aromatic rings. The molecular weight excluding hydrogens is 197 g/mol. The Kier molecular flexibility index (Phi) is 3.19. The van der Waals surface area contributed by atoms with Gasteiger partial charge in [-0.05, 0) is 19.9 Å². The lowest BCUT2D eigenvalue weighted by molar-refractivity contribution is 0.328. The van der Waals surface area contributed by atoms with Crippen LogP contribution in [0.4, 0.5) is 4.39 Å². The van der Waals surface area contributed by atoms with Crippen LogP contribution in [0.25, 0.3) is 0 Å². The number of hydrogen-bond donors (Lipinski definition) is 1. The van der Waals surface area contributed by atoms with Crippen molar-refractivity contribution in [3.8, 4) is 11.5 Å². The molecule has 0 saturated carbocycles. The van der Waals surface area contributed by atoms with Crippen LogP contribution in [0.3, 0.4) is 0 Å². The van der Waals surface area contributed by atoms with E-state index in [1.807, 2.05) is 13.8 Å². The molecule has 1 rings (SSSR count). The zero-order valence-corrected chi connectivity index (χ0v) is 9.43. The normalized spacial score (nSPS) is 11.3. The summed E-state index contributed by atoms with van der Waals surface area (Å²) in [5.74, 6) is -0.0131. The van der Waals surface area contributed by atoms with Gasteiger partial charge in [0, 0.05) is 11.1 Å². The Hall–Kier alpha value is -1.29. The van der Waals surface area contributed by atoms with Gasteiger partial charge in [0.05, 0.1) is 14.2 Å². The predicted octanol–water partition coefficient (Wildman–Crippen LogP) is 2.04. The van der Waals surface area contributed by atoms with Gasteiger partial charge in [0.1, 0.15) is 0 Å². The lowest BCUT2D eigenvalue weighted by Gasteiger charge is -2.23. The highest BCUT2D eigenvalue weighted by molar-refractivity contribution is 5.50. The molecule has 0 fully saturated rings. The van der Waals surface area contributed by atoms with Crippen molar-refractivity contribution < 1.29 is 13.9 Å². The van der Waals surface area contributed by atoms with Crippen molar-refractivity contribution in [1.82, 2.24) is 0 Å². The molecule has 0 aliphatic heterocycles. The molecule has 0 aromatic heterocycles. The van der Waals surface area contributed by atoms with Crippen molar-refractivity contribution in [2.75, 3.05) is 14.2 Å². The van der Waals surface area contributed by atoms with Gasteiger partial charge >= 0.3 is 0 Å². The van der Waals surface area contributed by atoms with Gasteiger partial charge in [-0.2, -0.15) is 0 Å². The summed E-state index contributed by atoms with van der Waals surface area (Å²) >= 11 is 0. The van der Waals surface area contributed by atoms with Gasteiger partial charge in [0.2, 0.25) is 0 Å². The van der Waals surface area contributed by atoms with Gasteiger partial charge in [-0.15, -0.1) is 0 Å². The number of nitrogens with two attached hydrogens (primary N) is 1. The Morgan fingerprint density at radius 3 is 2.07 bits per heavy atom. The van der Waals surface area contributed by atoms with Crippen molar-refractivity contribution in [2.24, 2.45) is 5.73 Å². The molecular formula is C11H16FNO2. The van der Waals surface area contributed by atoms with Crippen molar-refractivity contribution in [2.45, 2.75) is 19.4 Å². The molecule has 84 valence electrons. The molecule has 0 aliphatic carbocycles. The fourth-order valence-electron chi connectivity index (χ4n) is 1.44. The fourth-order valence-corrected chi connectivity index (χ4v) is 1.44. The van der Waals surface area contributed by atoms with Crippen LogP contribution in [-0.4, -0.2) is 14.2 Å². The highest BCUT2D eigenvalue weighted by Crippen LogP contribution is 2.37. The molecule has 0 spiro atoms. The summed E-state index contributed by atoms with van der Waals surface area (Å²) < 4.78 is 23.4. The maximum atomic E-state index is 13.4. The van der Waals surface area contributed by atoms with E-state index in [4.69, 9.17) is 15.2 Å². The third-order valence-corrected chi connectivity index (χ3v) is 2.17. The second-order valence-corrected chi connectivity index (χ2v) is 3.88. The summed E-state index contributed by atoms with van der Waals surface area (Å²) in [5, 5.41) is 0. The molecule has 0 aliphatic rings. The standard InChI is InChI=1S/C11H16FNO2/c1-11(2,13)7-5-6-8(12)10(15-4)9(7)14-3/h5-6H,13H2,1-4H3. The molecule has 0 heterocycles. The second-order valence-electron chi connectivity index (χ2n) is 3.88. The Bertz CT molecular complexity index is 358. The molecule has 0 bridgehead atoms. The highest BCUT2D eigenvalue weighted by atomic mass is 19.1. The van der Waals surface area contributed by atoms with Crippen LogP contribution >= 0.6 is 0 Å². The molecule has 15 heavy (non-hydrogen) atoms.